The molecule has 4 rings (SSSR count). The molecule has 10 heteroatoms. The Kier molecular flexibility index (Phi) is 8.21. The maximum absolute atomic E-state index is 14.4. The summed E-state index contributed by atoms with van der Waals surface area (Å²) in [6.45, 7) is 13.5. The number of nitrogens with zero attached hydrogens (tertiary/aromatic N) is 1. The summed E-state index contributed by atoms with van der Waals surface area (Å²) in [4.78, 5) is 54.7. The first-order valence-electron chi connectivity index (χ1n) is 14.6. The van der Waals surface area contributed by atoms with Crippen LogP contribution in [0.15, 0.2) is 30.3 Å². The van der Waals surface area contributed by atoms with Crippen LogP contribution in [-0.4, -0.2) is 70.2 Å². The molecule has 1 heterocycles. The van der Waals surface area contributed by atoms with Crippen LogP contribution in [0.1, 0.15) is 73.3 Å². The topological polar surface area (TPSA) is 151 Å². The van der Waals surface area contributed by atoms with E-state index in [0.717, 1.165) is 18.4 Å². The number of amides is 4. The molecule has 0 spiro atoms. The molecule has 10 nitrogen and oxygen atoms in total. The first-order valence-corrected chi connectivity index (χ1v) is 14.6. The lowest BCUT2D eigenvalue weighted by Gasteiger charge is -2.40. The van der Waals surface area contributed by atoms with Crippen LogP contribution in [0.25, 0.3) is 0 Å². The number of carbonyl (C=O) groups excluding carboxylic acids is 4. The zero-order valence-corrected chi connectivity index (χ0v) is 25.3. The van der Waals surface area contributed by atoms with Crippen LogP contribution in [-0.2, 0) is 24.5 Å². The highest BCUT2D eigenvalue weighted by Gasteiger charge is 2.70. The summed E-state index contributed by atoms with van der Waals surface area (Å²) in [5.74, 6) is -1.38. The van der Waals surface area contributed by atoms with Crippen LogP contribution in [0.5, 0.6) is 0 Å². The number of likely N-dealkylation sites (tertiary alicyclic amines) is 1. The van der Waals surface area contributed by atoms with Crippen LogP contribution >= 0.6 is 0 Å². The number of ether oxygens (including phenoxy) is 1. The van der Waals surface area contributed by atoms with Gasteiger partial charge in [-0.3, -0.25) is 14.4 Å². The van der Waals surface area contributed by atoms with Gasteiger partial charge in [0.25, 0.3) is 0 Å². The lowest BCUT2D eigenvalue weighted by molar-refractivity contribution is -0.144. The SMILES string of the molecule is CC(C)(C)OC(=O)N[C@H](C(=O)N1C[C@H]2[C@@H]([C@H]1C(=O)NC(CC1CC1)C(O)C(N)=O)C2(C)C)C(C)(C)c1ccccc1. The first kappa shape index (κ1) is 30.8. The minimum atomic E-state index is -1.52. The van der Waals surface area contributed by atoms with Crippen LogP contribution in [0, 0.1) is 23.2 Å². The molecule has 5 N–H and O–H groups in total. The molecular formula is C31H46N4O6. The number of hydrogen-bond donors (Lipinski definition) is 4. The highest BCUT2D eigenvalue weighted by Crippen LogP contribution is 2.65. The molecule has 1 aromatic carbocycles. The van der Waals surface area contributed by atoms with E-state index in [2.05, 4.69) is 24.5 Å². The molecule has 1 saturated heterocycles. The van der Waals surface area contributed by atoms with Gasteiger partial charge in [0.1, 0.15) is 17.7 Å². The van der Waals surface area contributed by atoms with E-state index in [9.17, 15) is 24.3 Å². The van der Waals surface area contributed by atoms with Crippen molar-refractivity contribution in [2.75, 3.05) is 6.54 Å². The summed E-state index contributed by atoms with van der Waals surface area (Å²) in [5, 5.41) is 16.2. The predicted octanol–water partition coefficient (Wildman–Crippen LogP) is 2.47. The van der Waals surface area contributed by atoms with Crippen molar-refractivity contribution in [2.45, 2.75) is 103 Å². The molecule has 2 saturated carbocycles. The number of fused-ring (bicyclic) bond motifs is 1. The molecule has 0 radical (unpaired) electrons. The lowest BCUT2D eigenvalue weighted by atomic mass is 9.77. The molecule has 41 heavy (non-hydrogen) atoms. The maximum atomic E-state index is 14.4. The smallest absolute Gasteiger partial charge is 0.408 e. The van der Waals surface area contributed by atoms with E-state index in [0.29, 0.717) is 18.9 Å². The van der Waals surface area contributed by atoms with Crippen molar-refractivity contribution in [1.82, 2.24) is 15.5 Å². The van der Waals surface area contributed by atoms with Crippen molar-refractivity contribution in [1.29, 1.82) is 0 Å². The fraction of sp³-hybridized carbons (Fsp3) is 0.677. The third-order valence-corrected chi connectivity index (χ3v) is 9.19. The second-order valence-corrected chi connectivity index (χ2v) is 14.2. The van der Waals surface area contributed by atoms with Gasteiger partial charge < -0.3 is 31.1 Å². The minimum Gasteiger partial charge on any atom is -0.444 e. The fourth-order valence-electron chi connectivity index (χ4n) is 6.44. The fourth-order valence-corrected chi connectivity index (χ4v) is 6.44. The molecule has 226 valence electrons. The van der Waals surface area contributed by atoms with Crippen molar-refractivity contribution < 1.29 is 29.0 Å². The molecule has 2 aliphatic carbocycles. The molecule has 2 unspecified atom stereocenters. The average molecular weight is 571 g/mol. The van der Waals surface area contributed by atoms with Crippen LogP contribution < -0.4 is 16.4 Å². The number of hydrogen-bond acceptors (Lipinski definition) is 6. The largest absolute Gasteiger partial charge is 0.444 e. The number of carbonyl (C=O) groups is 4. The summed E-state index contributed by atoms with van der Waals surface area (Å²) < 4.78 is 5.52. The van der Waals surface area contributed by atoms with Gasteiger partial charge >= 0.3 is 6.09 Å². The van der Waals surface area contributed by atoms with Gasteiger partial charge in [-0.1, -0.05) is 70.9 Å². The van der Waals surface area contributed by atoms with Crippen LogP contribution in [0.4, 0.5) is 4.79 Å². The summed E-state index contributed by atoms with van der Waals surface area (Å²) in [6.07, 6.45) is 0.135. The standard InChI is InChI=1S/C31H46N4O6/c1-29(2,3)41-28(40)34-24(30(4,5)18-11-9-8-10-12-18)27(39)35-16-19-21(31(19,6)7)22(35)26(38)33-20(15-17-13-14-17)23(36)25(32)37/h8-12,17,19-24,36H,13-16H2,1-7H3,(H2,32,37)(H,33,38)(H,34,40)/t19-,20?,21-,22-,23?,24+/m0/s1. The van der Waals surface area contributed by atoms with E-state index in [1.54, 1.807) is 25.7 Å². The normalized spacial score (nSPS) is 25.4. The highest BCUT2D eigenvalue weighted by molar-refractivity contribution is 5.94. The number of nitrogens with one attached hydrogen (secondary N) is 2. The number of benzene rings is 1. The Balaban J connectivity index is 1.64. The van der Waals surface area contributed by atoms with E-state index in [-0.39, 0.29) is 23.2 Å². The quantitative estimate of drug-likeness (QED) is 0.339. The summed E-state index contributed by atoms with van der Waals surface area (Å²) in [6, 6.07) is 6.75. The van der Waals surface area contributed by atoms with E-state index >= 15 is 0 Å². The van der Waals surface area contributed by atoms with Crippen molar-refractivity contribution >= 4 is 23.8 Å². The van der Waals surface area contributed by atoms with Gasteiger partial charge in [-0.15, -0.1) is 0 Å². The summed E-state index contributed by atoms with van der Waals surface area (Å²) in [7, 11) is 0. The number of primary amides is 1. The lowest BCUT2D eigenvalue weighted by Crippen LogP contribution is -2.62. The van der Waals surface area contributed by atoms with Gasteiger partial charge in [-0.25, -0.2) is 4.79 Å². The van der Waals surface area contributed by atoms with Crippen LogP contribution in [0.3, 0.4) is 0 Å². The van der Waals surface area contributed by atoms with Crippen molar-refractivity contribution in [3.05, 3.63) is 35.9 Å². The molecular weight excluding hydrogens is 524 g/mol. The van der Waals surface area contributed by atoms with E-state index in [1.165, 1.54) is 0 Å². The Bertz CT molecular complexity index is 1170. The Morgan fingerprint density at radius 1 is 1.07 bits per heavy atom. The number of piperidine rings is 1. The van der Waals surface area contributed by atoms with E-state index in [1.807, 2.05) is 44.2 Å². The number of rotatable bonds is 10. The third kappa shape index (κ3) is 6.52. The summed E-state index contributed by atoms with van der Waals surface area (Å²) in [5.41, 5.74) is 4.46. The van der Waals surface area contributed by atoms with Crippen molar-refractivity contribution in [2.24, 2.45) is 28.9 Å². The molecule has 0 bridgehead atoms. The van der Waals surface area contributed by atoms with Crippen molar-refractivity contribution in [3.8, 4) is 0 Å². The highest BCUT2D eigenvalue weighted by atomic mass is 16.6. The number of nitrogens with two attached hydrogens (primary N) is 1. The number of alkyl carbamates (subject to hydrolysis) is 1. The zero-order chi connectivity index (χ0) is 30.5. The molecule has 3 fully saturated rings. The van der Waals surface area contributed by atoms with E-state index < -0.39 is 53.2 Å². The second-order valence-electron chi connectivity index (χ2n) is 14.2. The van der Waals surface area contributed by atoms with E-state index in [4.69, 9.17) is 10.5 Å². The molecule has 3 aliphatic rings. The maximum Gasteiger partial charge on any atom is 0.408 e. The summed E-state index contributed by atoms with van der Waals surface area (Å²) >= 11 is 0. The van der Waals surface area contributed by atoms with Gasteiger partial charge in [0.05, 0.1) is 6.04 Å². The van der Waals surface area contributed by atoms with Crippen molar-refractivity contribution in [3.63, 3.8) is 0 Å². The Morgan fingerprint density at radius 3 is 2.22 bits per heavy atom. The molecule has 4 amide bonds. The van der Waals surface area contributed by atoms with Gasteiger partial charge in [0.15, 0.2) is 6.10 Å². The monoisotopic (exact) mass is 570 g/mol. The second kappa shape index (κ2) is 10.9. The first-order chi connectivity index (χ1) is 18.9. The zero-order valence-electron chi connectivity index (χ0n) is 25.3. The van der Waals surface area contributed by atoms with Gasteiger partial charge in [-0.05, 0) is 55.9 Å². The molecule has 6 atom stereocenters. The third-order valence-electron chi connectivity index (χ3n) is 9.19. The molecule has 1 aromatic rings. The number of aliphatic hydroxyl groups is 1. The Hall–Kier alpha value is -3.14. The Morgan fingerprint density at radius 2 is 1.68 bits per heavy atom. The van der Waals surface area contributed by atoms with Gasteiger partial charge in [-0.2, -0.15) is 0 Å². The molecule has 1 aliphatic heterocycles. The number of aliphatic hydroxyl groups excluding tert-OH is 1. The predicted molar refractivity (Wildman–Crippen MR) is 153 cm³/mol. The average Bonchev–Trinajstić information content (AvgIpc) is 3.72. The van der Waals surface area contributed by atoms with Gasteiger partial charge in [0, 0.05) is 12.0 Å². The van der Waals surface area contributed by atoms with Gasteiger partial charge in [0.2, 0.25) is 17.7 Å². The van der Waals surface area contributed by atoms with Crippen LogP contribution in [0.2, 0.25) is 0 Å². The minimum absolute atomic E-state index is 0.0965. The molecule has 0 aromatic heterocycles. The Labute approximate surface area is 242 Å².